The number of carbonyl (C=O) groups is 1. The monoisotopic (exact) mass is 470 g/mol. The van der Waals surface area contributed by atoms with Gasteiger partial charge in [0.05, 0.1) is 7.11 Å². The van der Waals surface area contributed by atoms with Crippen molar-refractivity contribution in [2.24, 2.45) is 11.8 Å². The standard InChI is InChI=1S/C31H38N2O2/c1-23(2)18-33(31(34)27-15-13-24(3)14-16-27)21-28-20-32(19-25-9-8-12-29(17-25)35-4)22-30(28)26-10-6-5-7-11-26/h5-17,23,28,30H,18-22H2,1-4H3. The lowest BCUT2D eigenvalue weighted by atomic mass is 9.88. The largest absolute Gasteiger partial charge is 0.497 e. The van der Waals surface area contributed by atoms with Gasteiger partial charge in [-0.25, -0.2) is 0 Å². The summed E-state index contributed by atoms with van der Waals surface area (Å²) in [5.41, 5.74) is 4.56. The molecule has 2 atom stereocenters. The molecule has 1 aliphatic rings. The van der Waals surface area contributed by atoms with Crippen LogP contribution in [-0.2, 0) is 6.54 Å². The predicted molar refractivity (Wildman–Crippen MR) is 143 cm³/mol. The van der Waals surface area contributed by atoms with Gasteiger partial charge in [0.2, 0.25) is 0 Å². The SMILES string of the molecule is COc1cccc(CN2CC(CN(CC(C)C)C(=O)c3ccc(C)cc3)C(c3ccccc3)C2)c1. The molecule has 0 aliphatic carbocycles. The molecule has 1 fully saturated rings. The van der Waals surface area contributed by atoms with E-state index in [2.05, 4.69) is 79.1 Å². The Morgan fingerprint density at radius 1 is 1.00 bits per heavy atom. The van der Waals surface area contributed by atoms with Crippen LogP contribution in [0.15, 0.2) is 78.9 Å². The van der Waals surface area contributed by atoms with Crippen LogP contribution in [0, 0.1) is 18.8 Å². The number of methoxy groups -OCH3 is 1. The molecule has 0 spiro atoms. The maximum absolute atomic E-state index is 13.6. The minimum absolute atomic E-state index is 0.136. The zero-order chi connectivity index (χ0) is 24.8. The molecule has 4 rings (SSSR count). The molecule has 35 heavy (non-hydrogen) atoms. The van der Waals surface area contributed by atoms with Crippen LogP contribution in [0.4, 0.5) is 0 Å². The molecule has 0 saturated carbocycles. The lowest BCUT2D eigenvalue weighted by molar-refractivity contribution is 0.0703. The fourth-order valence-electron chi connectivity index (χ4n) is 5.22. The van der Waals surface area contributed by atoms with Gasteiger partial charge in [0.1, 0.15) is 5.75 Å². The van der Waals surface area contributed by atoms with Crippen molar-refractivity contribution < 1.29 is 9.53 Å². The molecule has 3 aromatic carbocycles. The van der Waals surface area contributed by atoms with Crippen LogP contribution in [0.25, 0.3) is 0 Å². The van der Waals surface area contributed by atoms with Gasteiger partial charge in [-0.05, 0) is 54.2 Å². The molecule has 4 nitrogen and oxygen atoms in total. The number of rotatable bonds is 9. The lowest BCUT2D eigenvalue weighted by Gasteiger charge is -2.30. The van der Waals surface area contributed by atoms with E-state index in [1.165, 1.54) is 16.7 Å². The Balaban J connectivity index is 1.56. The Labute approximate surface area is 210 Å². The summed E-state index contributed by atoms with van der Waals surface area (Å²) in [7, 11) is 1.71. The molecule has 184 valence electrons. The summed E-state index contributed by atoms with van der Waals surface area (Å²) in [6, 6.07) is 27.1. The molecule has 0 radical (unpaired) electrons. The number of amides is 1. The molecule has 1 aliphatic heterocycles. The molecule has 0 bridgehead atoms. The Morgan fingerprint density at radius 2 is 1.74 bits per heavy atom. The van der Waals surface area contributed by atoms with Crippen LogP contribution in [0.1, 0.15) is 46.8 Å². The zero-order valence-corrected chi connectivity index (χ0v) is 21.5. The van der Waals surface area contributed by atoms with Crippen LogP contribution in [0.2, 0.25) is 0 Å². The number of hydrogen-bond acceptors (Lipinski definition) is 3. The van der Waals surface area contributed by atoms with Crippen LogP contribution in [0.3, 0.4) is 0 Å². The number of benzene rings is 3. The van der Waals surface area contributed by atoms with Gasteiger partial charge in [-0.15, -0.1) is 0 Å². The molecule has 1 heterocycles. The van der Waals surface area contributed by atoms with Crippen LogP contribution in [-0.4, -0.2) is 49.0 Å². The molecule has 4 heteroatoms. The molecule has 3 aromatic rings. The molecule has 1 saturated heterocycles. The minimum Gasteiger partial charge on any atom is -0.497 e. The molecule has 2 unspecified atom stereocenters. The first-order valence-electron chi connectivity index (χ1n) is 12.7. The number of hydrogen-bond donors (Lipinski definition) is 0. The summed E-state index contributed by atoms with van der Waals surface area (Å²) < 4.78 is 5.43. The quantitative estimate of drug-likeness (QED) is 0.383. The van der Waals surface area contributed by atoms with Crippen LogP contribution in [0.5, 0.6) is 5.75 Å². The first-order valence-corrected chi connectivity index (χ1v) is 12.7. The van der Waals surface area contributed by atoms with Gasteiger partial charge < -0.3 is 9.64 Å². The van der Waals surface area contributed by atoms with Gasteiger partial charge in [-0.3, -0.25) is 9.69 Å². The Morgan fingerprint density at radius 3 is 2.43 bits per heavy atom. The second-order valence-electron chi connectivity index (χ2n) is 10.3. The highest BCUT2D eigenvalue weighted by molar-refractivity contribution is 5.94. The van der Waals surface area contributed by atoms with Crippen molar-refractivity contribution >= 4 is 5.91 Å². The highest BCUT2D eigenvalue weighted by Crippen LogP contribution is 2.35. The van der Waals surface area contributed by atoms with Crippen LogP contribution >= 0.6 is 0 Å². The number of likely N-dealkylation sites (tertiary alicyclic amines) is 1. The third kappa shape index (κ3) is 6.52. The van der Waals surface area contributed by atoms with Gasteiger partial charge in [-0.1, -0.05) is 74.0 Å². The van der Waals surface area contributed by atoms with Crippen molar-refractivity contribution in [3.8, 4) is 5.75 Å². The summed E-state index contributed by atoms with van der Waals surface area (Å²) in [6.07, 6.45) is 0. The van der Waals surface area contributed by atoms with E-state index < -0.39 is 0 Å². The van der Waals surface area contributed by atoms with Crippen molar-refractivity contribution in [3.05, 3.63) is 101 Å². The zero-order valence-electron chi connectivity index (χ0n) is 21.5. The average molecular weight is 471 g/mol. The van der Waals surface area contributed by atoms with E-state index in [1.807, 2.05) is 30.3 Å². The van der Waals surface area contributed by atoms with Crippen molar-refractivity contribution in [1.29, 1.82) is 0 Å². The summed E-state index contributed by atoms with van der Waals surface area (Å²) in [4.78, 5) is 18.2. The first-order chi connectivity index (χ1) is 16.9. The van der Waals surface area contributed by atoms with Gasteiger partial charge in [0.15, 0.2) is 0 Å². The van der Waals surface area contributed by atoms with Gasteiger partial charge in [-0.2, -0.15) is 0 Å². The highest BCUT2D eigenvalue weighted by atomic mass is 16.5. The normalized spacial score (nSPS) is 18.1. The second kappa shape index (κ2) is 11.5. The number of nitrogens with zero attached hydrogens (tertiary/aromatic N) is 2. The molecule has 0 N–H and O–H groups in total. The Hall–Kier alpha value is -3.11. The number of carbonyl (C=O) groups excluding carboxylic acids is 1. The second-order valence-corrected chi connectivity index (χ2v) is 10.3. The van der Waals surface area contributed by atoms with Crippen molar-refractivity contribution in [2.45, 2.75) is 33.2 Å². The third-order valence-corrected chi connectivity index (χ3v) is 6.91. The summed E-state index contributed by atoms with van der Waals surface area (Å²) >= 11 is 0. The molecular weight excluding hydrogens is 432 g/mol. The van der Waals surface area contributed by atoms with E-state index in [0.717, 1.165) is 44.0 Å². The summed E-state index contributed by atoms with van der Waals surface area (Å²) in [5.74, 6) is 2.20. The van der Waals surface area contributed by atoms with E-state index in [-0.39, 0.29) is 5.91 Å². The van der Waals surface area contributed by atoms with E-state index in [1.54, 1.807) is 7.11 Å². The van der Waals surface area contributed by atoms with Gasteiger partial charge in [0, 0.05) is 44.2 Å². The Bertz CT molecular complexity index is 1090. The fraction of sp³-hybridized carbons (Fsp3) is 0.387. The van der Waals surface area contributed by atoms with E-state index in [4.69, 9.17) is 4.74 Å². The first kappa shape index (κ1) is 25.0. The smallest absolute Gasteiger partial charge is 0.253 e. The lowest BCUT2D eigenvalue weighted by Crippen LogP contribution is -2.39. The maximum atomic E-state index is 13.6. The van der Waals surface area contributed by atoms with E-state index in [9.17, 15) is 4.79 Å². The van der Waals surface area contributed by atoms with E-state index in [0.29, 0.717) is 17.8 Å². The summed E-state index contributed by atoms with van der Waals surface area (Å²) in [6.45, 7) is 10.8. The van der Waals surface area contributed by atoms with E-state index >= 15 is 0 Å². The fourth-order valence-corrected chi connectivity index (χ4v) is 5.22. The van der Waals surface area contributed by atoms with Crippen LogP contribution < -0.4 is 4.74 Å². The summed E-state index contributed by atoms with van der Waals surface area (Å²) in [5, 5.41) is 0. The van der Waals surface area contributed by atoms with Crippen molar-refractivity contribution in [1.82, 2.24) is 9.80 Å². The average Bonchev–Trinajstić information content (AvgIpc) is 3.26. The minimum atomic E-state index is 0.136. The molecule has 0 aromatic heterocycles. The van der Waals surface area contributed by atoms with Crippen molar-refractivity contribution in [2.75, 3.05) is 33.3 Å². The molecular formula is C31H38N2O2. The van der Waals surface area contributed by atoms with Gasteiger partial charge >= 0.3 is 0 Å². The third-order valence-electron chi connectivity index (χ3n) is 6.91. The number of ether oxygens (including phenoxy) is 1. The molecule has 1 amide bonds. The Kier molecular flexibility index (Phi) is 8.25. The van der Waals surface area contributed by atoms with Crippen molar-refractivity contribution in [3.63, 3.8) is 0 Å². The predicted octanol–water partition coefficient (Wildman–Crippen LogP) is 6.02. The maximum Gasteiger partial charge on any atom is 0.253 e. The van der Waals surface area contributed by atoms with Gasteiger partial charge in [0.25, 0.3) is 5.91 Å². The number of aryl methyl sites for hydroxylation is 1. The topological polar surface area (TPSA) is 32.8 Å². The highest BCUT2D eigenvalue weighted by Gasteiger charge is 2.36.